The van der Waals surface area contributed by atoms with E-state index in [1.54, 1.807) is 0 Å². The van der Waals surface area contributed by atoms with Gasteiger partial charge in [-0.05, 0) is 33.6 Å². The molecule has 0 radical (unpaired) electrons. The van der Waals surface area contributed by atoms with E-state index in [-0.39, 0.29) is 16.9 Å². The van der Waals surface area contributed by atoms with Crippen molar-refractivity contribution >= 4 is 5.91 Å². The zero-order chi connectivity index (χ0) is 11.5. The Bertz CT molecular complexity index is 224. The molecule has 1 saturated carbocycles. The van der Waals surface area contributed by atoms with Gasteiger partial charge in [0.15, 0.2) is 0 Å². The summed E-state index contributed by atoms with van der Waals surface area (Å²) in [6.07, 6.45) is 5.51. The van der Waals surface area contributed by atoms with Crippen LogP contribution in [0.25, 0.3) is 0 Å². The number of hydrogen-bond acceptors (Lipinski definition) is 2. The van der Waals surface area contributed by atoms with Crippen LogP contribution in [-0.4, -0.2) is 11.5 Å². The molecule has 88 valence electrons. The molecular weight excluding hydrogens is 190 g/mol. The molecule has 1 fully saturated rings. The average molecular weight is 213 g/mol. The lowest BCUT2D eigenvalue weighted by molar-refractivity contribution is -0.156. The number of carbonyl (C=O) groups excluding carboxylic acids is 1. The smallest absolute Gasteiger partial charge is 0.249 e. The average Bonchev–Trinajstić information content (AvgIpc) is 2.14. The fourth-order valence-electron chi connectivity index (χ4n) is 1.88. The second-order valence-electron chi connectivity index (χ2n) is 5.77. The van der Waals surface area contributed by atoms with Crippen LogP contribution in [0.5, 0.6) is 0 Å². The van der Waals surface area contributed by atoms with E-state index in [2.05, 4.69) is 5.48 Å². The summed E-state index contributed by atoms with van der Waals surface area (Å²) < 4.78 is 0. The van der Waals surface area contributed by atoms with E-state index >= 15 is 0 Å². The van der Waals surface area contributed by atoms with Gasteiger partial charge in [-0.25, -0.2) is 5.48 Å². The van der Waals surface area contributed by atoms with Crippen LogP contribution in [0.4, 0.5) is 0 Å². The van der Waals surface area contributed by atoms with E-state index < -0.39 is 0 Å². The molecule has 15 heavy (non-hydrogen) atoms. The molecule has 0 unspecified atom stereocenters. The number of carbonyl (C=O) groups is 1. The third-order valence-corrected chi connectivity index (χ3v) is 2.96. The number of hydroxylamine groups is 1. The Hall–Kier alpha value is -0.570. The minimum Gasteiger partial charge on any atom is -0.272 e. The third kappa shape index (κ3) is 3.82. The van der Waals surface area contributed by atoms with Crippen LogP contribution in [0.15, 0.2) is 0 Å². The molecule has 0 bridgehead atoms. The maximum atomic E-state index is 11.9. The molecular formula is C12H23NO2. The number of rotatable bonds is 2. The quantitative estimate of drug-likeness (QED) is 0.716. The van der Waals surface area contributed by atoms with Gasteiger partial charge >= 0.3 is 0 Å². The van der Waals surface area contributed by atoms with Crippen molar-refractivity contribution < 1.29 is 9.63 Å². The molecule has 1 rings (SSSR count). The van der Waals surface area contributed by atoms with Gasteiger partial charge in [0, 0.05) is 5.41 Å². The fourth-order valence-corrected chi connectivity index (χ4v) is 1.88. The van der Waals surface area contributed by atoms with Gasteiger partial charge in [0.25, 0.3) is 0 Å². The van der Waals surface area contributed by atoms with Gasteiger partial charge < -0.3 is 0 Å². The molecule has 1 N–H and O–H groups in total. The van der Waals surface area contributed by atoms with E-state index in [9.17, 15) is 4.79 Å². The predicted molar refractivity (Wildman–Crippen MR) is 60.2 cm³/mol. The van der Waals surface area contributed by atoms with Gasteiger partial charge in [-0.3, -0.25) is 9.63 Å². The highest BCUT2D eigenvalue weighted by Crippen LogP contribution is 2.35. The van der Waals surface area contributed by atoms with Crippen molar-refractivity contribution in [2.75, 3.05) is 0 Å². The van der Waals surface area contributed by atoms with Crippen LogP contribution < -0.4 is 5.48 Å². The van der Waals surface area contributed by atoms with E-state index in [1.807, 2.05) is 27.7 Å². The molecule has 3 heteroatoms. The topological polar surface area (TPSA) is 38.3 Å². The normalized spacial score (nSPS) is 21.1. The second kappa shape index (κ2) is 4.52. The summed E-state index contributed by atoms with van der Waals surface area (Å²) in [7, 11) is 0. The number of hydrogen-bond donors (Lipinski definition) is 1. The maximum absolute atomic E-state index is 11.9. The lowest BCUT2D eigenvalue weighted by Crippen LogP contribution is -2.43. The second-order valence-corrected chi connectivity index (χ2v) is 5.77. The van der Waals surface area contributed by atoms with Crippen molar-refractivity contribution in [3.63, 3.8) is 0 Å². The summed E-state index contributed by atoms with van der Waals surface area (Å²) in [6.45, 7) is 7.82. The number of amides is 1. The minimum absolute atomic E-state index is 0.0390. The van der Waals surface area contributed by atoms with Crippen molar-refractivity contribution in [3.8, 4) is 0 Å². The Morgan fingerprint density at radius 2 is 1.73 bits per heavy atom. The largest absolute Gasteiger partial charge is 0.272 e. The Morgan fingerprint density at radius 3 is 2.20 bits per heavy atom. The molecule has 1 aliphatic carbocycles. The summed E-state index contributed by atoms with van der Waals surface area (Å²) in [5, 5.41) is 0. The van der Waals surface area contributed by atoms with E-state index in [1.165, 1.54) is 6.42 Å². The zero-order valence-corrected chi connectivity index (χ0v) is 10.4. The van der Waals surface area contributed by atoms with E-state index in [0.29, 0.717) is 0 Å². The van der Waals surface area contributed by atoms with E-state index in [0.717, 1.165) is 25.7 Å². The van der Waals surface area contributed by atoms with Gasteiger partial charge in [-0.2, -0.15) is 0 Å². The van der Waals surface area contributed by atoms with Gasteiger partial charge in [-0.15, -0.1) is 0 Å². The molecule has 0 aromatic carbocycles. The molecule has 0 aliphatic heterocycles. The SMILES string of the molecule is CC(C)(C)ONC(=O)C1(C)CCCCC1. The monoisotopic (exact) mass is 213 g/mol. The Morgan fingerprint density at radius 1 is 1.20 bits per heavy atom. The third-order valence-electron chi connectivity index (χ3n) is 2.96. The van der Waals surface area contributed by atoms with Crippen LogP contribution >= 0.6 is 0 Å². The first kappa shape index (κ1) is 12.5. The standard InChI is InChI=1S/C12H23NO2/c1-11(2,3)15-13-10(14)12(4)8-6-5-7-9-12/h5-9H2,1-4H3,(H,13,14). The van der Waals surface area contributed by atoms with Gasteiger partial charge in [-0.1, -0.05) is 26.2 Å². The summed E-state index contributed by atoms with van der Waals surface area (Å²) in [5.74, 6) is 0.0390. The lowest BCUT2D eigenvalue weighted by atomic mass is 9.75. The van der Waals surface area contributed by atoms with Crippen molar-refractivity contribution in [2.45, 2.75) is 65.4 Å². The summed E-state index contributed by atoms with van der Waals surface area (Å²) >= 11 is 0. The summed E-state index contributed by atoms with van der Waals surface area (Å²) in [6, 6.07) is 0. The summed E-state index contributed by atoms with van der Waals surface area (Å²) in [4.78, 5) is 17.2. The van der Waals surface area contributed by atoms with Gasteiger partial charge in [0.05, 0.1) is 5.60 Å². The summed E-state index contributed by atoms with van der Waals surface area (Å²) in [5.41, 5.74) is 2.06. The molecule has 0 saturated heterocycles. The zero-order valence-electron chi connectivity index (χ0n) is 10.4. The van der Waals surface area contributed by atoms with Crippen molar-refractivity contribution in [1.82, 2.24) is 5.48 Å². The van der Waals surface area contributed by atoms with E-state index in [4.69, 9.17) is 4.84 Å². The maximum Gasteiger partial charge on any atom is 0.249 e. The van der Waals surface area contributed by atoms with Gasteiger partial charge in [0.1, 0.15) is 0 Å². The van der Waals surface area contributed by atoms with Gasteiger partial charge in [0.2, 0.25) is 5.91 Å². The predicted octanol–water partition coefficient (Wildman–Crippen LogP) is 2.80. The highest BCUT2D eigenvalue weighted by Gasteiger charge is 2.35. The molecule has 0 aromatic rings. The molecule has 0 heterocycles. The Balaban J connectivity index is 2.45. The molecule has 1 amide bonds. The number of nitrogens with one attached hydrogen (secondary N) is 1. The lowest BCUT2D eigenvalue weighted by Gasteiger charge is -2.32. The molecule has 0 spiro atoms. The molecule has 0 aromatic heterocycles. The van der Waals surface area contributed by atoms with Crippen molar-refractivity contribution in [3.05, 3.63) is 0 Å². The molecule has 1 aliphatic rings. The van der Waals surface area contributed by atoms with Crippen LogP contribution in [0.2, 0.25) is 0 Å². The first-order valence-corrected chi connectivity index (χ1v) is 5.82. The first-order chi connectivity index (χ1) is 6.83. The highest BCUT2D eigenvalue weighted by atomic mass is 16.7. The Kier molecular flexibility index (Phi) is 3.77. The van der Waals surface area contributed by atoms with Crippen LogP contribution in [0, 0.1) is 5.41 Å². The Labute approximate surface area is 92.5 Å². The van der Waals surface area contributed by atoms with Crippen molar-refractivity contribution in [2.24, 2.45) is 5.41 Å². The first-order valence-electron chi connectivity index (χ1n) is 5.82. The van der Waals surface area contributed by atoms with Crippen LogP contribution in [0.1, 0.15) is 59.8 Å². The fraction of sp³-hybridized carbons (Fsp3) is 0.917. The molecule has 0 atom stereocenters. The van der Waals surface area contributed by atoms with Crippen LogP contribution in [0.3, 0.4) is 0 Å². The van der Waals surface area contributed by atoms with Crippen LogP contribution in [-0.2, 0) is 9.63 Å². The molecule has 3 nitrogen and oxygen atoms in total. The van der Waals surface area contributed by atoms with Crippen molar-refractivity contribution in [1.29, 1.82) is 0 Å². The minimum atomic E-state index is -0.319. The highest BCUT2D eigenvalue weighted by molar-refractivity contribution is 5.81.